The van der Waals surface area contributed by atoms with Crippen LogP contribution in [0.25, 0.3) is 0 Å². The lowest BCUT2D eigenvalue weighted by Gasteiger charge is -2.15. The Morgan fingerprint density at radius 1 is 1.47 bits per heavy atom. The van der Waals surface area contributed by atoms with Gasteiger partial charge in [0.25, 0.3) is 0 Å². The van der Waals surface area contributed by atoms with Crippen molar-refractivity contribution in [1.29, 1.82) is 0 Å². The molecule has 0 spiro atoms. The first-order valence-electron chi connectivity index (χ1n) is 6.61. The number of nitrogens with zero attached hydrogens (tertiary/aromatic N) is 1. The maximum absolute atomic E-state index is 12.0. The SMILES string of the molecule is CC1CN(C(=O)CCCc2cccs2)CC1C(=O)O. The van der Waals surface area contributed by atoms with Gasteiger partial charge in [-0.05, 0) is 30.2 Å². The molecule has 1 aromatic heterocycles. The predicted molar refractivity (Wildman–Crippen MR) is 74.1 cm³/mol. The highest BCUT2D eigenvalue weighted by Crippen LogP contribution is 2.24. The Bertz CT molecular complexity index is 444. The summed E-state index contributed by atoms with van der Waals surface area (Å²) >= 11 is 1.71. The molecule has 1 N–H and O–H groups in total. The fraction of sp³-hybridized carbons (Fsp3) is 0.571. The largest absolute Gasteiger partial charge is 0.481 e. The van der Waals surface area contributed by atoms with Crippen LogP contribution >= 0.6 is 11.3 Å². The number of thiophene rings is 1. The summed E-state index contributed by atoms with van der Waals surface area (Å²) in [5.74, 6) is -1.05. The number of carbonyl (C=O) groups excluding carboxylic acids is 1. The zero-order valence-corrected chi connectivity index (χ0v) is 11.9. The summed E-state index contributed by atoms with van der Waals surface area (Å²) in [6, 6.07) is 4.09. The minimum absolute atomic E-state index is 0.0544. The summed E-state index contributed by atoms with van der Waals surface area (Å²) in [5.41, 5.74) is 0. The Kier molecular flexibility index (Phi) is 4.58. The molecule has 1 aromatic rings. The van der Waals surface area contributed by atoms with Gasteiger partial charge in [0.1, 0.15) is 0 Å². The standard InChI is InChI=1S/C14H19NO3S/c1-10-8-15(9-12(10)14(17)18)13(16)6-2-4-11-5-3-7-19-11/h3,5,7,10,12H,2,4,6,8-9H2,1H3,(H,17,18). The molecule has 0 saturated carbocycles. The number of likely N-dealkylation sites (tertiary alicyclic amines) is 1. The van der Waals surface area contributed by atoms with Crippen molar-refractivity contribution in [2.75, 3.05) is 13.1 Å². The van der Waals surface area contributed by atoms with E-state index in [9.17, 15) is 9.59 Å². The Morgan fingerprint density at radius 3 is 2.84 bits per heavy atom. The van der Waals surface area contributed by atoms with Crippen molar-refractivity contribution in [3.63, 3.8) is 0 Å². The molecule has 2 rings (SSSR count). The average Bonchev–Trinajstić information content (AvgIpc) is 2.98. The summed E-state index contributed by atoms with van der Waals surface area (Å²) in [6.45, 7) is 2.85. The van der Waals surface area contributed by atoms with Crippen LogP contribution < -0.4 is 0 Å². The minimum Gasteiger partial charge on any atom is -0.481 e. The van der Waals surface area contributed by atoms with E-state index in [1.54, 1.807) is 16.2 Å². The van der Waals surface area contributed by atoms with Crippen molar-refractivity contribution in [1.82, 2.24) is 4.90 Å². The molecule has 0 bridgehead atoms. The van der Waals surface area contributed by atoms with Crippen molar-refractivity contribution < 1.29 is 14.7 Å². The van der Waals surface area contributed by atoms with E-state index in [1.807, 2.05) is 18.4 Å². The van der Waals surface area contributed by atoms with Gasteiger partial charge in [-0.3, -0.25) is 9.59 Å². The zero-order chi connectivity index (χ0) is 13.8. The third kappa shape index (κ3) is 3.56. The van der Waals surface area contributed by atoms with Crippen LogP contribution in [-0.2, 0) is 16.0 Å². The second kappa shape index (κ2) is 6.19. The van der Waals surface area contributed by atoms with Gasteiger partial charge in [-0.1, -0.05) is 13.0 Å². The van der Waals surface area contributed by atoms with E-state index in [0.29, 0.717) is 19.5 Å². The first-order valence-corrected chi connectivity index (χ1v) is 7.49. The van der Waals surface area contributed by atoms with E-state index in [1.165, 1.54) is 4.88 Å². The van der Waals surface area contributed by atoms with Crippen LogP contribution in [0.1, 0.15) is 24.6 Å². The topological polar surface area (TPSA) is 57.6 Å². The molecule has 1 fully saturated rings. The number of rotatable bonds is 5. The lowest BCUT2D eigenvalue weighted by atomic mass is 9.99. The first-order chi connectivity index (χ1) is 9.08. The van der Waals surface area contributed by atoms with Gasteiger partial charge in [0.2, 0.25) is 5.91 Å². The fourth-order valence-corrected chi connectivity index (χ4v) is 3.27. The number of carbonyl (C=O) groups is 2. The van der Waals surface area contributed by atoms with Crippen molar-refractivity contribution in [2.45, 2.75) is 26.2 Å². The molecule has 1 saturated heterocycles. The molecule has 2 heterocycles. The Morgan fingerprint density at radius 2 is 2.26 bits per heavy atom. The number of hydrogen-bond donors (Lipinski definition) is 1. The van der Waals surface area contributed by atoms with Gasteiger partial charge in [0, 0.05) is 24.4 Å². The van der Waals surface area contributed by atoms with Gasteiger partial charge in [0.15, 0.2) is 0 Å². The highest BCUT2D eigenvalue weighted by atomic mass is 32.1. The Balaban J connectivity index is 1.76. The summed E-state index contributed by atoms with van der Waals surface area (Å²) in [6.07, 6.45) is 2.27. The lowest BCUT2D eigenvalue weighted by Crippen LogP contribution is -2.29. The number of amides is 1. The van der Waals surface area contributed by atoms with Crippen LogP contribution in [0, 0.1) is 11.8 Å². The molecule has 5 heteroatoms. The van der Waals surface area contributed by atoms with Crippen LogP contribution in [0.4, 0.5) is 0 Å². The van der Waals surface area contributed by atoms with Gasteiger partial charge < -0.3 is 10.0 Å². The minimum atomic E-state index is -0.790. The fourth-order valence-electron chi connectivity index (χ4n) is 2.52. The highest BCUT2D eigenvalue weighted by Gasteiger charge is 2.36. The molecule has 1 amide bonds. The number of aryl methyl sites for hydroxylation is 1. The zero-order valence-electron chi connectivity index (χ0n) is 11.0. The highest BCUT2D eigenvalue weighted by molar-refractivity contribution is 7.09. The van der Waals surface area contributed by atoms with Crippen LogP contribution in [0.2, 0.25) is 0 Å². The molecule has 104 valence electrons. The van der Waals surface area contributed by atoms with Crippen LogP contribution in [0.5, 0.6) is 0 Å². The van der Waals surface area contributed by atoms with Crippen LogP contribution in [-0.4, -0.2) is 35.0 Å². The molecule has 19 heavy (non-hydrogen) atoms. The molecule has 0 radical (unpaired) electrons. The molecule has 2 unspecified atom stereocenters. The predicted octanol–water partition coefficient (Wildman–Crippen LogP) is 2.25. The van der Waals surface area contributed by atoms with Gasteiger partial charge in [0.05, 0.1) is 5.92 Å². The third-order valence-electron chi connectivity index (χ3n) is 3.68. The van der Waals surface area contributed by atoms with Crippen molar-refractivity contribution in [2.24, 2.45) is 11.8 Å². The summed E-state index contributed by atoms with van der Waals surface area (Å²) in [4.78, 5) is 26.0. The second-order valence-electron chi connectivity index (χ2n) is 5.15. The van der Waals surface area contributed by atoms with E-state index in [2.05, 4.69) is 6.07 Å². The van der Waals surface area contributed by atoms with Crippen molar-refractivity contribution in [3.05, 3.63) is 22.4 Å². The molecule has 1 aliphatic heterocycles. The van der Waals surface area contributed by atoms with Crippen molar-refractivity contribution >= 4 is 23.2 Å². The molecular weight excluding hydrogens is 262 g/mol. The molecule has 2 atom stereocenters. The normalized spacial score (nSPS) is 22.7. The summed E-state index contributed by atoms with van der Waals surface area (Å²) < 4.78 is 0. The quantitative estimate of drug-likeness (QED) is 0.900. The second-order valence-corrected chi connectivity index (χ2v) is 6.19. The summed E-state index contributed by atoms with van der Waals surface area (Å²) in [5, 5.41) is 11.1. The Hall–Kier alpha value is -1.36. The molecule has 1 aliphatic rings. The molecule has 0 aliphatic carbocycles. The monoisotopic (exact) mass is 281 g/mol. The van der Waals surface area contributed by atoms with E-state index in [4.69, 9.17) is 5.11 Å². The van der Waals surface area contributed by atoms with E-state index >= 15 is 0 Å². The van der Waals surface area contributed by atoms with Gasteiger partial charge in [-0.15, -0.1) is 11.3 Å². The van der Waals surface area contributed by atoms with Crippen LogP contribution in [0.3, 0.4) is 0 Å². The molecule has 0 aromatic carbocycles. The van der Waals surface area contributed by atoms with Gasteiger partial charge in [-0.2, -0.15) is 0 Å². The van der Waals surface area contributed by atoms with Gasteiger partial charge in [-0.25, -0.2) is 0 Å². The average molecular weight is 281 g/mol. The van der Waals surface area contributed by atoms with E-state index < -0.39 is 11.9 Å². The molecule has 4 nitrogen and oxygen atoms in total. The number of aliphatic carboxylic acids is 1. The van der Waals surface area contributed by atoms with Crippen LogP contribution in [0.15, 0.2) is 17.5 Å². The lowest BCUT2D eigenvalue weighted by molar-refractivity contribution is -0.142. The first kappa shape index (κ1) is 14.1. The Labute approximate surface area is 117 Å². The maximum Gasteiger partial charge on any atom is 0.308 e. The third-order valence-corrected chi connectivity index (χ3v) is 4.61. The number of carboxylic acid groups (broad SMARTS) is 1. The van der Waals surface area contributed by atoms with E-state index in [0.717, 1.165) is 12.8 Å². The number of hydrogen-bond acceptors (Lipinski definition) is 3. The smallest absolute Gasteiger partial charge is 0.308 e. The van der Waals surface area contributed by atoms with E-state index in [-0.39, 0.29) is 11.8 Å². The summed E-state index contributed by atoms with van der Waals surface area (Å²) in [7, 11) is 0. The van der Waals surface area contributed by atoms with Gasteiger partial charge >= 0.3 is 5.97 Å². The van der Waals surface area contributed by atoms with Crippen molar-refractivity contribution in [3.8, 4) is 0 Å². The molecular formula is C14H19NO3S. The maximum atomic E-state index is 12.0. The number of carboxylic acids is 1.